The Bertz CT molecular complexity index is 538. The summed E-state index contributed by atoms with van der Waals surface area (Å²) in [6.45, 7) is 7.89. The first kappa shape index (κ1) is 15.4. The van der Waals surface area contributed by atoms with Gasteiger partial charge in [-0.25, -0.2) is 8.42 Å². The van der Waals surface area contributed by atoms with E-state index in [0.29, 0.717) is 0 Å². The van der Waals surface area contributed by atoms with Crippen LogP contribution < -0.4 is 5.32 Å². The highest BCUT2D eigenvalue weighted by Crippen LogP contribution is 2.22. The van der Waals surface area contributed by atoms with Crippen LogP contribution in [-0.4, -0.2) is 31.7 Å². The monoisotopic (exact) mass is 296 g/mol. The van der Waals surface area contributed by atoms with Gasteiger partial charge in [-0.05, 0) is 37.6 Å². The van der Waals surface area contributed by atoms with E-state index in [4.69, 9.17) is 0 Å². The van der Waals surface area contributed by atoms with E-state index in [1.807, 2.05) is 12.1 Å². The summed E-state index contributed by atoms with van der Waals surface area (Å²) in [5.74, 6) is 0.106. The molecule has 112 valence electrons. The van der Waals surface area contributed by atoms with Gasteiger partial charge in [-0.15, -0.1) is 0 Å². The molecule has 1 saturated heterocycles. The van der Waals surface area contributed by atoms with Crippen molar-refractivity contribution >= 4 is 9.84 Å². The fraction of sp³-hybridized carbons (Fsp3) is 0.667. The van der Waals surface area contributed by atoms with Crippen molar-refractivity contribution in [2.45, 2.75) is 50.0 Å². The van der Waals surface area contributed by atoms with Gasteiger partial charge in [0.15, 0.2) is 9.84 Å². The lowest BCUT2D eigenvalue weighted by Crippen LogP contribution is -2.36. The fourth-order valence-corrected chi connectivity index (χ4v) is 4.28. The third kappa shape index (κ3) is 3.79. The molecule has 0 bridgehead atoms. The summed E-state index contributed by atoms with van der Waals surface area (Å²) in [6, 6.07) is 3.83. The molecule has 2 heterocycles. The first-order valence-corrected chi connectivity index (χ1v) is 8.88. The normalized spacial score (nSPS) is 18.1. The van der Waals surface area contributed by atoms with Crippen LogP contribution >= 0.6 is 0 Å². The summed E-state index contributed by atoms with van der Waals surface area (Å²) in [7, 11) is -3.06. The molecule has 4 nitrogen and oxygen atoms in total. The van der Waals surface area contributed by atoms with Crippen LogP contribution in [-0.2, 0) is 21.0 Å². The molecule has 0 saturated carbocycles. The molecule has 1 fully saturated rings. The van der Waals surface area contributed by atoms with E-state index in [1.165, 1.54) is 0 Å². The van der Waals surface area contributed by atoms with Gasteiger partial charge in [0.25, 0.3) is 0 Å². The van der Waals surface area contributed by atoms with Crippen LogP contribution in [0.2, 0.25) is 0 Å². The maximum atomic E-state index is 12.4. The van der Waals surface area contributed by atoms with Crippen LogP contribution in [0.4, 0.5) is 0 Å². The number of hydrogen-bond acceptors (Lipinski definition) is 4. The molecule has 1 aromatic rings. The second-order valence-corrected chi connectivity index (χ2v) is 8.84. The average Bonchev–Trinajstić information content (AvgIpc) is 2.39. The standard InChI is InChI=1S/C15H24N2O2S/c1-15(2,3)14-5-4-12(10-17-14)11-20(18,19)13-6-8-16-9-7-13/h4-5,10,13,16H,6-9,11H2,1-3H3. The number of piperidine rings is 1. The predicted molar refractivity (Wildman–Crippen MR) is 81.5 cm³/mol. The van der Waals surface area contributed by atoms with Gasteiger partial charge in [-0.3, -0.25) is 4.98 Å². The number of hydrogen-bond donors (Lipinski definition) is 1. The van der Waals surface area contributed by atoms with Crippen molar-refractivity contribution in [3.8, 4) is 0 Å². The number of nitrogens with one attached hydrogen (secondary N) is 1. The quantitative estimate of drug-likeness (QED) is 0.927. The predicted octanol–water partition coefficient (Wildman–Crippen LogP) is 2.05. The van der Waals surface area contributed by atoms with Gasteiger partial charge in [-0.1, -0.05) is 26.8 Å². The highest BCUT2D eigenvalue weighted by molar-refractivity contribution is 7.91. The zero-order valence-electron chi connectivity index (χ0n) is 12.5. The second-order valence-electron chi connectivity index (χ2n) is 6.56. The Morgan fingerprint density at radius 1 is 1.25 bits per heavy atom. The summed E-state index contributed by atoms with van der Waals surface area (Å²) in [5, 5.41) is 3.00. The van der Waals surface area contributed by atoms with Crippen molar-refractivity contribution in [1.29, 1.82) is 0 Å². The van der Waals surface area contributed by atoms with Crippen molar-refractivity contribution in [1.82, 2.24) is 10.3 Å². The van der Waals surface area contributed by atoms with Gasteiger partial charge in [0.05, 0.1) is 11.0 Å². The van der Waals surface area contributed by atoms with E-state index in [0.717, 1.165) is 37.2 Å². The maximum absolute atomic E-state index is 12.4. The molecule has 0 amide bonds. The van der Waals surface area contributed by atoms with Crippen LogP contribution in [0.15, 0.2) is 18.3 Å². The van der Waals surface area contributed by atoms with E-state index in [2.05, 4.69) is 31.1 Å². The Hall–Kier alpha value is -0.940. The second kappa shape index (κ2) is 5.82. The van der Waals surface area contributed by atoms with Crippen molar-refractivity contribution in [2.24, 2.45) is 0 Å². The number of nitrogens with zero attached hydrogens (tertiary/aromatic N) is 1. The largest absolute Gasteiger partial charge is 0.317 e. The van der Waals surface area contributed by atoms with Crippen molar-refractivity contribution in [3.05, 3.63) is 29.6 Å². The molecule has 1 aromatic heterocycles. The van der Waals surface area contributed by atoms with Gasteiger partial charge in [0.1, 0.15) is 0 Å². The summed E-state index contributed by atoms with van der Waals surface area (Å²) in [6.07, 6.45) is 3.14. The maximum Gasteiger partial charge on any atom is 0.157 e. The number of pyridine rings is 1. The number of rotatable bonds is 3. The zero-order chi connectivity index (χ0) is 14.8. The molecule has 5 heteroatoms. The van der Waals surface area contributed by atoms with E-state index >= 15 is 0 Å². The van der Waals surface area contributed by atoms with Gasteiger partial charge >= 0.3 is 0 Å². The Balaban J connectivity index is 2.09. The molecule has 1 N–H and O–H groups in total. The van der Waals surface area contributed by atoms with Crippen LogP contribution in [0.3, 0.4) is 0 Å². The SMILES string of the molecule is CC(C)(C)c1ccc(CS(=O)(=O)C2CCNCC2)cn1. The third-order valence-corrected chi connectivity index (χ3v) is 5.98. The lowest BCUT2D eigenvalue weighted by Gasteiger charge is -2.23. The summed E-state index contributed by atoms with van der Waals surface area (Å²) in [5.41, 5.74) is 1.77. The minimum absolute atomic E-state index is 0.00750. The first-order chi connectivity index (χ1) is 9.29. The molecule has 1 aliphatic rings. The lowest BCUT2D eigenvalue weighted by molar-refractivity contribution is 0.496. The highest BCUT2D eigenvalue weighted by atomic mass is 32.2. The molecule has 1 aliphatic heterocycles. The molecule has 20 heavy (non-hydrogen) atoms. The Morgan fingerprint density at radius 3 is 2.40 bits per heavy atom. The summed E-state index contributed by atoms with van der Waals surface area (Å²) < 4.78 is 24.8. The van der Waals surface area contributed by atoms with E-state index in [-0.39, 0.29) is 16.4 Å². The molecule has 0 unspecified atom stereocenters. The van der Waals surface area contributed by atoms with Crippen LogP contribution in [0.25, 0.3) is 0 Å². The highest BCUT2D eigenvalue weighted by Gasteiger charge is 2.27. The molecule has 0 aromatic carbocycles. The Morgan fingerprint density at radius 2 is 1.90 bits per heavy atom. The van der Waals surface area contributed by atoms with Crippen molar-refractivity contribution < 1.29 is 8.42 Å². The smallest absolute Gasteiger partial charge is 0.157 e. The molecule has 0 aliphatic carbocycles. The third-order valence-electron chi connectivity index (χ3n) is 3.76. The van der Waals surface area contributed by atoms with E-state index < -0.39 is 9.84 Å². The molecule has 0 spiro atoms. The number of aromatic nitrogens is 1. The molecular formula is C15H24N2O2S. The summed E-state index contributed by atoms with van der Waals surface area (Å²) in [4.78, 5) is 4.40. The van der Waals surface area contributed by atoms with Crippen LogP contribution in [0, 0.1) is 0 Å². The summed E-state index contributed by atoms with van der Waals surface area (Å²) >= 11 is 0. The van der Waals surface area contributed by atoms with Crippen LogP contribution in [0.5, 0.6) is 0 Å². The van der Waals surface area contributed by atoms with E-state index in [9.17, 15) is 8.42 Å². The minimum atomic E-state index is -3.06. The zero-order valence-corrected chi connectivity index (χ0v) is 13.3. The number of sulfone groups is 1. The van der Waals surface area contributed by atoms with Gasteiger partial charge in [-0.2, -0.15) is 0 Å². The minimum Gasteiger partial charge on any atom is -0.317 e. The molecule has 0 radical (unpaired) electrons. The molecule has 2 rings (SSSR count). The molecular weight excluding hydrogens is 272 g/mol. The average molecular weight is 296 g/mol. The van der Waals surface area contributed by atoms with Crippen molar-refractivity contribution in [2.75, 3.05) is 13.1 Å². The van der Waals surface area contributed by atoms with Crippen LogP contribution in [0.1, 0.15) is 44.9 Å². The van der Waals surface area contributed by atoms with Gasteiger partial charge in [0, 0.05) is 17.3 Å². The molecule has 0 atom stereocenters. The van der Waals surface area contributed by atoms with Gasteiger partial charge < -0.3 is 5.32 Å². The fourth-order valence-electron chi connectivity index (χ4n) is 2.46. The topological polar surface area (TPSA) is 59.1 Å². The lowest BCUT2D eigenvalue weighted by atomic mass is 9.91. The van der Waals surface area contributed by atoms with E-state index in [1.54, 1.807) is 6.20 Å². The Kier molecular flexibility index (Phi) is 4.49. The Labute approximate surface area is 121 Å². The van der Waals surface area contributed by atoms with Gasteiger partial charge in [0.2, 0.25) is 0 Å². The first-order valence-electron chi connectivity index (χ1n) is 7.17. The van der Waals surface area contributed by atoms with Crippen molar-refractivity contribution in [3.63, 3.8) is 0 Å².